The SMILES string of the molecule is CC(C)(C)OC(=O)NC1CC2(C1)CC(c1n[nH]c(=O)c3ccccc13)C2.CC(C)(C)OC(=O)NC1CC2(C1)CC(c1nn(C(C3CC3)C3CC3)c(=O)c3ccccc13)C2.OC(C1CC1)C1CC1. The van der Waals surface area contributed by atoms with Gasteiger partial charge in [-0.25, -0.2) is 19.4 Å². The number of hydrogen-bond donors (Lipinski definition) is 4. The van der Waals surface area contributed by atoms with Gasteiger partial charge in [0, 0.05) is 34.7 Å². The van der Waals surface area contributed by atoms with Crippen LogP contribution < -0.4 is 21.8 Å². The molecule has 2 heterocycles. The summed E-state index contributed by atoms with van der Waals surface area (Å²) >= 11 is 0. The van der Waals surface area contributed by atoms with E-state index in [9.17, 15) is 24.3 Å². The standard InChI is InChI=1S/C27H35N3O3.C20H25N3O3.C7H12O/c1-26(2,3)33-25(32)28-19-14-27(15-19)12-18(13-27)22-20-6-4-5-7-21(20)24(31)30(29-22)23(16-8-9-16)17-10-11-17;1-19(2,3)26-18(25)21-13-10-20(11-13)8-12(9-20)16-14-6-4-5-7-15(14)17(24)23-22-16;8-7(5-1-2-5)6-3-4-6/h4-7,16-19,23H,8-15H2,1-3H3,(H,28,32);4-7,12-13H,8-11H2,1-3H3,(H,21,25)(H,23,24);5-8H,1-4H2. The summed E-state index contributed by atoms with van der Waals surface area (Å²) in [4.78, 5) is 49.3. The fourth-order valence-corrected chi connectivity index (χ4v) is 12.3. The molecule has 8 aliphatic carbocycles. The average molecular weight is 917 g/mol. The molecule has 0 saturated heterocycles. The number of nitrogens with zero attached hydrogens (tertiary/aromatic N) is 3. The maximum atomic E-state index is 13.4. The number of amides is 2. The van der Waals surface area contributed by atoms with E-state index in [0.717, 1.165) is 78.9 Å². The summed E-state index contributed by atoms with van der Waals surface area (Å²) in [6.07, 6.45) is 17.8. The van der Waals surface area contributed by atoms with Crippen LogP contribution in [-0.4, -0.2) is 66.7 Å². The van der Waals surface area contributed by atoms with E-state index in [0.29, 0.717) is 57.8 Å². The smallest absolute Gasteiger partial charge is 0.407 e. The number of rotatable bonds is 9. The number of carbonyl (C=O) groups excluding carboxylic acids is 2. The number of fused-ring (bicyclic) bond motifs is 2. The molecule has 0 radical (unpaired) electrons. The topological polar surface area (TPSA) is 178 Å². The van der Waals surface area contributed by atoms with Crippen molar-refractivity contribution in [2.24, 2.45) is 34.5 Å². The molecule has 0 atom stereocenters. The van der Waals surface area contributed by atoms with Gasteiger partial charge in [-0.15, -0.1) is 0 Å². The number of aliphatic hydroxyl groups excluding tert-OH is 1. The minimum atomic E-state index is -0.471. The van der Waals surface area contributed by atoms with Gasteiger partial charge in [0.05, 0.1) is 34.3 Å². The molecule has 67 heavy (non-hydrogen) atoms. The first-order valence-corrected chi connectivity index (χ1v) is 25.5. The number of ether oxygens (including phenoxy) is 2. The van der Waals surface area contributed by atoms with Gasteiger partial charge < -0.3 is 25.2 Å². The van der Waals surface area contributed by atoms with E-state index in [1.165, 1.54) is 51.4 Å². The van der Waals surface area contributed by atoms with Gasteiger partial charge >= 0.3 is 12.2 Å². The number of carbonyl (C=O) groups is 2. The minimum Gasteiger partial charge on any atom is -0.444 e. The van der Waals surface area contributed by atoms with Crippen LogP contribution in [0, 0.1) is 34.5 Å². The molecule has 13 nitrogen and oxygen atoms in total. The highest BCUT2D eigenvalue weighted by Gasteiger charge is 2.56. The summed E-state index contributed by atoms with van der Waals surface area (Å²) in [5.41, 5.74) is 1.75. The van der Waals surface area contributed by atoms with Crippen LogP contribution in [0.1, 0.15) is 174 Å². The molecule has 0 bridgehead atoms. The molecule has 360 valence electrons. The number of H-pyrrole nitrogens is 1. The average Bonchev–Trinajstić information content (AvgIpc) is 4.02. The minimum absolute atomic E-state index is 0.0926. The Morgan fingerprint density at radius 2 is 1.03 bits per heavy atom. The largest absolute Gasteiger partial charge is 0.444 e. The fraction of sp³-hybridized carbons (Fsp3) is 0.667. The third kappa shape index (κ3) is 10.3. The normalized spacial score (nSPS) is 28.6. The highest BCUT2D eigenvalue weighted by atomic mass is 16.6. The van der Waals surface area contributed by atoms with Gasteiger partial charge in [0.25, 0.3) is 11.1 Å². The third-order valence-electron chi connectivity index (χ3n) is 15.9. The van der Waals surface area contributed by atoms with Crippen LogP contribution in [0.2, 0.25) is 0 Å². The van der Waals surface area contributed by atoms with E-state index in [2.05, 4.69) is 26.9 Å². The van der Waals surface area contributed by atoms with Crippen molar-refractivity contribution in [1.29, 1.82) is 0 Å². The Morgan fingerprint density at radius 3 is 1.46 bits per heavy atom. The zero-order valence-corrected chi connectivity index (χ0v) is 40.4. The Hall–Kier alpha value is -4.78. The van der Waals surface area contributed by atoms with Crippen molar-refractivity contribution in [2.75, 3.05) is 0 Å². The molecule has 2 aromatic carbocycles. The highest BCUT2D eigenvalue weighted by Crippen LogP contribution is 2.63. The Labute approximate surface area is 393 Å². The number of benzene rings is 2. The Bertz CT molecular complexity index is 2580. The lowest BCUT2D eigenvalue weighted by Gasteiger charge is -2.57. The van der Waals surface area contributed by atoms with E-state index in [4.69, 9.17) is 14.6 Å². The van der Waals surface area contributed by atoms with Gasteiger partial charge in [0.1, 0.15) is 11.2 Å². The summed E-state index contributed by atoms with van der Waals surface area (Å²) in [5, 5.41) is 30.9. The van der Waals surface area contributed by atoms with Gasteiger partial charge in [-0.2, -0.15) is 10.2 Å². The Balaban J connectivity index is 0.000000137. The van der Waals surface area contributed by atoms with Crippen molar-refractivity contribution < 1.29 is 24.2 Å². The zero-order chi connectivity index (χ0) is 47.0. The van der Waals surface area contributed by atoms with Crippen LogP contribution >= 0.6 is 0 Å². The van der Waals surface area contributed by atoms with Crippen LogP contribution in [0.25, 0.3) is 21.5 Å². The summed E-state index contributed by atoms with van der Waals surface area (Å²) in [6, 6.07) is 16.4. The van der Waals surface area contributed by atoms with Crippen molar-refractivity contribution in [2.45, 2.75) is 192 Å². The van der Waals surface area contributed by atoms with Crippen LogP contribution in [0.5, 0.6) is 0 Å². The first-order chi connectivity index (χ1) is 31.8. The molecule has 13 heteroatoms. The monoisotopic (exact) mass is 917 g/mol. The molecule has 8 fully saturated rings. The van der Waals surface area contributed by atoms with E-state index in [1.54, 1.807) is 0 Å². The summed E-state index contributed by atoms with van der Waals surface area (Å²) in [5.74, 6) is 3.46. The third-order valence-corrected chi connectivity index (χ3v) is 15.9. The number of aromatic nitrogens is 4. The maximum Gasteiger partial charge on any atom is 0.407 e. The quantitative estimate of drug-likeness (QED) is 0.127. The van der Waals surface area contributed by atoms with Crippen LogP contribution in [0.3, 0.4) is 0 Å². The molecule has 0 unspecified atom stereocenters. The predicted molar refractivity (Wildman–Crippen MR) is 258 cm³/mol. The molecular weight excluding hydrogens is 845 g/mol. The lowest BCUT2D eigenvalue weighted by atomic mass is 9.49. The number of hydrogen-bond acceptors (Lipinski definition) is 9. The van der Waals surface area contributed by atoms with E-state index in [1.807, 2.05) is 88.7 Å². The van der Waals surface area contributed by atoms with Crippen molar-refractivity contribution in [1.82, 2.24) is 30.6 Å². The molecule has 0 aliphatic heterocycles. The molecule has 8 saturated carbocycles. The number of aliphatic hydroxyl groups is 1. The molecule has 12 rings (SSSR count). The van der Waals surface area contributed by atoms with Crippen LogP contribution in [0.4, 0.5) is 9.59 Å². The predicted octanol–water partition coefficient (Wildman–Crippen LogP) is 9.95. The van der Waals surface area contributed by atoms with E-state index >= 15 is 0 Å². The van der Waals surface area contributed by atoms with Crippen molar-refractivity contribution in [3.63, 3.8) is 0 Å². The van der Waals surface area contributed by atoms with Crippen LogP contribution in [0.15, 0.2) is 58.1 Å². The number of aromatic amines is 1. The summed E-state index contributed by atoms with van der Waals surface area (Å²) in [6.45, 7) is 11.3. The Morgan fingerprint density at radius 1 is 0.627 bits per heavy atom. The van der Waals surface area contributed by atoms with E-state index in [-0.39, 0.29) is 41.5 Å². The summed E-state index contributed by atoms with van der Waals surface area (Å²) < 4.78 is 12.6. The lowest BCUT2D eigenvalue weighted by molar-refractivity contribution is -0.0268. The van der Waals surface area contributed by atoms with Crippen molar-refractivity contribution in [3.8, 4) is 0 Å². The van der Waals surface area contributed by atoms with Crippen molar-refractivity contribution >= 4 is 33.7 Å². The van der Waals surface area contributed by atoms with Crippen molar-refractivity contribution in [3.05, 3.63) is 80.6 Å². The molecule has 4 N–H and O–H groups in total. The fourth-order valence-electron chi connectivity index (χ4n) is 12.3. The van der Waals surface area contributed by atoms with Gasteiger partial charge in [-0.05, 0) is 191 Å². The second-order valence-corrected chi connectivity index (χ2v) is 24.2. The molecule has 4 aromatic rings. The maximum absolute atomic E-state index is 13.4. The molecule has 2 aromatic heterocycles. The van der Waals surface area contributed by atoms with Gasteiger partial charge in [-0.3, -0.25) is 9.59 Å². The highest BCUT2D eigenvalue weighted by molar-refractivity contribution is 5.85. The Kier molecular flexibility index (Phi) is 11.9. The van der Waals surface area contributed by atoms with Gasteiger partial charge in [0.2, 0.25) is 0 Å². The van der Waals surface area contributed by atoms with Crippen LogP contribution in [-0.2, 0) is 9.47 Å². The second kappa shape index (κ2) is 17.3. The first-order valence-electron chi connectivity index (χ1n) is 25.5. The summed E-state index contributed by atoms with van der Waals surface area (Å²) in [7, 11) is 0. The van der Waals surface area contributed by atoms with Gasteiger partial charge in [0.15, 0.2) is 0 Å². The molecule has 8 aliphatic rings. The molecular formula is C54H72N6O7. The first kappa shape index (κ1) is 46.0. The second-order valence-electron chi connectivity index (χ2n) is 24.2. The zero-order valence-electron chi connectivity index (χ0n) is 40.4. The lowest BCUT2D eigenvalue weighted by Crippen LogP contribution is -2.56. The molecule has 2 amide bonds. The van der Waals surface area contributed by atoms with E-state index < -0.39 is 11.2 Å². The number of nitrogens with one attached hydrogen (secondary N) is 3. The number of alkyl carbamates (subject to hydrolysis) is 2. The van der Waals surface area contributed by atoms with Gasteiger partial charge in [-0.1, -0.05) is 36.4 Å². The molecule has 2 spiro atoms.